The summed E-state index contributed by atoms with van der Waals surface area (Å²) in [6.45, 7) is 1.58. The van der Waals surface area contributed by atoms with Gasteiger partial charge >= 0.3 is 6.03 Å². The Labute approximate surface area is 374 Å². The second-order valence-corrected chi connectivity index (χ2v) is 16.8. The lowest BCUT2D eigenvalue weighted by Crippen LogP contribution is -2.27. The molecule has 0 saturated carbocycles. The van der Waals surface area contributed by atoms with E-state index in [9.17, 15) is 18.8 Å². The number of anilines is 3. The van der Waals surface area contributed by atoms with Crippen LogP contribution in [-0.4, -0.2) is 46.5 Å². The average molecular weight is 922 g/mol. The fraction of sp³-hybridized carbons (Fsp3) is 0.0909. The van der Waals surface area contributed by atoms with Crippen molar-refractivity contribution in [1.82, 2.24) is 20.3 Å². The number of nitrogens with zero attached hydrogens (tertiary/aromatic N) is 3. The van der Waals surface area contributed by atoms with Crippen molar-refractivity contribution in [2.75, 3.05) is 29.7 Å². The van der Waals surface area contributed by atoms with E-state index < -0.39 is 29.5 Å². The number of amides is 4. The number of methoxy groups -OCH3 is 1. The van der Waals surface area contributed by atoms with Gasteiger partial charge in [-0.1, -0.05) is 64.3 Å². The number of allylic oxidation sites excluding steroid dienone is 1. The average Bonchev–Trinajstić information content (AvgIpc) is 4.01. The Morgan fingerprint density at radius 2 is 1.22 bits per heavy atom. The fourth-order valence-electron chi connectivity index (χ4n) is 6.18. The number of aromatic nitrogens is 3. The minimum atomic E-state index is -0.767. The van der Waals surface area contributed by atoms with Crippen LogP contribution in [0.5, 0.6) is 17.2 Å². The number of halogens is 2. The molecule has 4 amide bonds. The highest BCUT2D eigenvalue weighted by atomic mass is 32.1. The number of carbonyl (C=O) groups is 3. The van der Waals surface area contributed by atoms with Crippen molar-refractivity contribution in [2.24, 2.45) is 0 Å². The molecule has 63 heavy (non-hydrogen) atoms. The van der Waals surface area contributed by atoms with Crippen LogP contribution < -0.4 is 35.5 Å². The van der Waals surface area contributed by atoms with Crippen molar-refractivity contribution in [3.05, 3.63) is 148 Å². The van der Waals surface area contributed by atoms with E-state index in [0.29, 0.717) is 64.7 Å². The van der Waals surface area contributed by atoms with Gasteiger partial charge in [0.1, 0.15) is 58.6 Å². The number of rotatable bonds is 14. The summed E-state index contributed by atoms with van der Waals surface area (Å²) in [5.41, 5.74) is 2.94. The number of para-hydroxylation sites is 3. The molecule has 0 bridgehead atoms. The third-order valence-corrected chi connectivity index (χ3v) is 12.3. The third kappa shape index (κ3) is 9.92. The highest BCUT2D eigenvalue weighted by molar-refractivity contribution is 7.83. The molecular formula is C44H33F2N7O6S4. The van der Waals surface area contributed by atoms with E-state index in [2.05, 4.69) is 48.8 Å². The smallest absolute Gasteiger partial charge is 0.325 e. The quantitative estimate of drug-likeness (QED) is 0.0527. The largest absolute Gasteiger partial charge is 0.494 e. The molecule has 0 aliphatic rings. The SMILES string of the molecule is COc1cccc2sc(NC(=O)N/C(C)=C/C(=C\S)COc3cccc4sc(NC(=O)c5cccc(COc6cccc7sc(NC(=O)c8ccc(F)cc8)nc67)c5F)nc34)nc12. The van der Waals surface area contributed by atoms with Gasteiger partial charge in [-0.05, 0) is 90.7 Å². The van der Waals surface area contributed by atoms with Crippen LogP contribution in [0.4, 0.5) is 29.0 Å². The van der Waals surface area contributed by atoms with E-state index in [4.69, 9.17) is 14.2 Å². The minimum absolute atomic E-state index is 0.0758. The summed E-state index contributed by atoms with van der Waals surface area (Å²) in [7, 11) is 1.56. The monoisotopic (exact) mass is 921 g/mol. The normalized spacial score (nSPS) is 11.8. The van der Waals surface area contributed by atoms with Gasteiger partial charge in [-0.25, -0.2) is 28.5 Å². The zero-order valence-electron chi connectivity index (χ0n) is 33.0. The Hall–Kier alpha value is -6.93. The molecule has 0 unspecified atom stereocenters. The first-order valence-electron chi connectivity index (χ1n) is 18.8. The Kier molecular flexibility index (Phi) is 12.9. The second-order valence-electron chi connectivity index (χ2n) is 13.5. The standard InChI is InChI=1S/C44H33F2N7O6S4/c1-23(47-41(56)53-44-48-36-29(57-2)9-4-12-32(36)63-44)19-24(22-60)20-58-30-10-5-13-33-37(30)50-43(62-33)52-40(55)28-8-3-7-26(35(28)46)21-59-31-11-6-14-34-38(31)49-42(61-34)51-39(54)25-15-17-27(45)18-16-25/h3-19,22,60H,20-21H2,1-2H3,(H,49,51,54)(H,50,52,55)(H2,47,48,53,56)/b23-19+,24-22+. The Morgan fingerprint density at radius 3 is 1.83 bits per heavy atom. The molecule has 5 aromatic carbocycles. The van der Waals surface area contributed by atoms with Gasteiger partial charge in [-0.3, -0.25) is 25.5 Å². The zero-order valence-corrected chi connectivity index (χ0v) is 36.4. The number of fused-ring (bicyclic) bond motifs is 3. The van der Waals surface area contributed by atoms with Crippen LogP contribution in [0.2, 0.25) is 0 Å². The summed E-state index contributed by atoms with van der Waals surface area (Å²) in [4.78, 5) is 52.4. The van der Waals surface area contributed by atoms with E-state index in [-0.39, 0.29) is 35.0 Å². The number of hydrogen-bond acceptors (Lipinski definition) is 13. The number of benzene rings is 5. The molecule has 0 saturated heterocycles. The summed E-state index contributed by atoms with van der Waals surface area (Å²) in [5, 5.41) is 13.4. The molecule has 0 fully saturated rings. The molecule has 0 atom stereocenters. The van der Waals surface area contributed by atoms with Crippen LogP contribution in [0.1, 0.15) is 33.2 Å². The lowest BCUT2D eigenvalue weighted by Gasteiger charge is -2.10. The molecule has 4 N–H and O–H groups in total. The summed E-state index contributed by atoms with van der Waals surface area (Å²) in [6.07, 6.45) is 1.71. The predicted molar refractivity (Wildman–Crippen MR) is 247 cm³/mol. The first-order valence-corrected chi connectivity index (χ1v) is 21.7. The van der Waals surface area contributed by atoms with Crippen molar-refractivity contribution in [3.8, 4) is 17.2 Å². The van der Waals surface area contributed by atoms with Gasteiger partial charge in [-0.15, -0.1) is 0 Å². The summed E-state index contributed by atoms with van der Waals surface area (Å²) < 4.78 is 48.9. The van der Waals surface area contributed by atoms with Crippen LogP contribution in [0, 0.1) is 11.6 Å². The molecule has 19 heteroatoms. The van der Waals surface area contributed by atoms with Crippen molar-refractivity contribution in [2.45, 2.75) is 13.5 Å². The number of nitrogens with one attached hydrogen (secondary N) is 4. The molecule has 8 aromatic rings. The second kappa shape index (κ2) is 19.0. The number of ether oxygens (including phenoxy) is 3. The first-order chi connectivity index (χ1) is 30.5. The molecule has 318 valence electrons. The van der Waals surface area contributed by atoms with Crippen molar-refractivity contribution in [1.29, 1.82) is 0 Å². The van der Waals surface area contributed by atoms with E-state index in [1.54, 1.807) is 68.0 Å². The molecule has 13 nitrogen and oxygen atoms in total. The number of carbonyl (C=O) groups excluding carboxylic acids is 3. The van der Waals surface area contributed by atoms with Gasteiger partial charge in [-0.2, -0.15) is 12.6 Å². The highest BCUT2D eigenvalue weighted by Gasteiger charge is 2.20. The van der Waals surface area contributed by atoms with Crippen LogP contribution in [0.15, 0.2) is 120 Å². The predicted octanol–water partition coefficient (Wildman–Crippen LogP) is 10.8. The lowest BCUT2D eigenvalue weighted by atomic mass is 10.1. The number of thiol groups is 1. The zero-order chi connectivity index (χ0) is 44.0. The van der Waals surface area contributed by atoms with E-state index in [0.717, 1.165) is 4.70 Å². The summed E-state index contributed by atoms with van der Waals surface area (Å²) in [6, 6.07) is 25.2. The van der Waals surface area contributed by atoms with Gasteiger partial charge in [0.05, 0.1) is 26.8 Å². The van der Waals surface area contributed by atoms with Gasteiger partial charge in [0.25, 0.3) is 11.8 Å². The molecule has 3 heterocycles. The maximum atomic E-state index is 15.9. The molecule has 3 aromatic heterocycles. The summed E-state index contributed by atoms with van der Waals surface area (Å²) >= 11 is 8.07. The fourth-order valence-corrected chi connectivity index (χ4v) is 8.97. The first kappa shape index (κ1) is 42.7. The van der Waals surface area contributed by atoms with Crippen molar-refractivity contribution in [3.63, 3.8) is 0 Å². The van der Waals surface area contributed by atoms with Crippen molar-refractivity contribution < 1.29 is 37.4 Å². The number of urea groups is 1. The number of hydrogen-bond donors (Lipinski definition) is 5. The van der Waals surface area contributed by atoms with Crippen LogP contribution >= 0.6 is 46.6 Å². The van der Waals surface area contributed by atoms with Crippen LogP contribution in [-0.2, 0) is 6.61 Å². The molecule has 0 aliphatic carbocycles. The maximum absolute atomic E-state index is 15.9. The van der Waals surface area contributed by atoms with Gasteiger partial charge in [0, 0.05) is 16.8 Å². The Bertz CT molecular complexity index is 3090. The third-order valence-electron chi connectivity index (χ3n) is 9.11. The van der Waals surface area contributed by atoms with Crippen LogP contribution in [0.25, 0.3) is 30.6 Å². The van der Waals surface area contributed by atoms with Gasteiger partial charge in [0.15, 0.2) is 15.4 Å². The van der Waals surface area contributed by atoms with E-state index >= 15 is 4.39 Å². The maximum Gasteiger partial charge on any atom is 0.325 e. The molecule has 8 rings (SSSR count). The molecule has 0 spiro atoms. The Balaban J connectivity index is 0.880. The molecule has 0 aliphatic heterocycles. The molecule has 0 radical (unpaired) electrons. The molecular weight excluding hydrogens is 889 g/mol. The number of thiazole rings is 3. The van der Waals surface area contributed by atoms with E-state index in [1.165, 1.54) is 70.4 Å². The van der Waals surface area contributed by atoms with Crippen LogP contribution in [0.3, 0.4) is 0 Å². The van der Waals surface area contributed by atoms with Crippen molar-refractivity contribution >= 4 is 111 Å². The lowest BCUT2D eigenvalue weighted by molar-refractivity contribution is 0.101. The summed E-state index contributed by atoms with van der Waals surface area (Å²) in [5.74, 6) is -0.992. The van der Waals surface area contributed by atoms with Gasteiger partial charge < -0.3 is 19.5 Å². The Morgan fingerprint density at radius 1 is 0.683 bits per heavy atom. The van der Waals surface area contributed by atoms with E-state index in [1.807, 2.05) is 18.2 Å². The minimum Gasteiger partial charge on any atom is -0.494 e. The highest BCUT2D eigenvalue weighted by Crippen LogP contribution is 2.35. The topological polar surface area (TPSA) is 166 Å². The van der Waals surface area contributed by atoms with Gasteiger partial charge in [0.2, 0.25) is 0 Å².